The number of carbonyl (C=O) groups is 3. The van der Waals surface area contributed by atoms with Crippen molar-refractivity contribution in [3.05, 3.63) is 88.3 Å². The smallest absolute Gasteiger partial charge is 0.341 e. The largest absolute Gasteiger partial charge is 0.462 e. The molecule has 5 nitrogen and oxygen atoms in total. The topological polar surface area (TPSA) is 72.5 Å². The van der Waals surface area contributed by atoms with Crippen molar-refractivity contribution in [1.29, 1.82) is 0 Å². The highest BCUT2D eigenvalue weighted by Crippen LogP contribution is 2.25. The highest BCUT2D eigenvalue weighted by atomic mass is 32.1. The summed E-state index contributed by atoms with van der Waals surface area (Å²) < 4.78 is 4.98. The third-order valence-electron chi connectivity index (χ3n) is 3.83. The van der Waals surface area contributed by atoms with Crippen LogP contribution in [0.4, 0.5) is 5.00 Å². The van der Waals surface area contributed by atoms with Gasteiger partial charge < -0.3 is 10.1 Å². The first-order valence-corrected chi connectivity index (χ1v) is 9.24. The maximum Gasteiger partial charge on any atom is 0.341 e. The predicted molar refractivity (Wildman–Crippen MR) is 105 cm³/mol. The van der Waals surface area contributed by atoms with E-state index in [1.165, 1.54) is 11.3 Å². The Bertz CT molecular complexity index is 961. The van der Waals surface area contributed by atoms with Crippen molar-refractivity contribution in [3.8, 4) is 0 Å². The molecule has 0 unspecified atom stereocenters. The van der Waals surface area contributed by atoms with E-state index in [1.54, 1.807) is 66.9 Å². The molecule has 6 heteroatoms. The fraction of sp³-hybridized carbons (Fsp3) is 0.0952. The van der Waals surface area contributed by atoms with E-state index in [0.29, 0.717) is 27.3 Å². The molecular formula is C21H17NO4S. The van der Waals surface area contributed by atoms with E-state index >= 15 is 0 Å². The molecular weight excluding hydrogens is 362 g/mol. The van der Waals surface area contributed by atoms with Crippen molar-refractivity contribution in [2.24, 2.45) is 0 Å². The summed E-state index contributed by atoms with van der Waals surface area (Å²) in [6.07, 6.45) is 0. The average Bonchev–Trinajstić information content (AvgIpc) is 3.16. The number of carbonyl (C=O) groups excluding carboxylic acids is 3. The van der Waals surface area contributed by atoms with Gasteiger partial charge in [0.25, 0.3) is 5.91 Å². The maximum absolute atomic E-state index is 12.5. The van der Waals surface area contributed by atoms with Crippen LogP contribution in [0.2, 0.25) is 0 Å². The SMILES string of the molecule is CCOC(=O)c1ccsc1NC(=O)c1ccc(C(=O)c2ccccc2)cc1. The monoisotopic (exact) mass is 379 g/mol. The lowest BCUT2D eigenvalue weighted by atomic mass is 10.0. The Labute approximate surface area is 160 Å². The number of rotatable bonds is 6. The summed E-state index contributed by atoms with van der Waals surface area (Å²) in [5.41, 5.74) is 1.81. The highest BCUT2D eigenvalue weighted by molar-refractivity contribution is 7.14. The number of hydrogen-bond donors (Lipinski definition) is 1. The number of hydrogen-bond acceptors (Lipinski definition) is 5. The highest BCUT2D eigenvalue weighted by Gasteiger charge is 2.17. The van der Waals surface area contributed by atoms with Crippen LogP contribution in [0.5, 0.6) is 0 Å². The molecule has 2 aromatic carbocycles. The van der Waals surface area contributed by atoms with Crippen molar-refractivity contribution in [2.75, 3.05) is 11.9 Å². The predicted octanol–water partition coefficient (Wildman–Crippen LogP) is 4.41. The molecule has 0 fully saturated rings. The lowest BCUT2D eigenvalue weighted by molar-refractivity contribution is 0.0528. The Hall–Kier alpha value is -3.25. The number of thiophene rings is 1. The molecule has 0 aliphatic rings. The number of ketones is 1. The number of benzene rings is 2. The van der Waals surface area contributed by atoms with Crippen LogP contribution in [0.15, 0.2) is 66.0 Å². The first-order chi connectivity index (χ1) is 13.1. The van der Waals surface area contributed by atoms with Crippen LogP contribution in [0.1, 0.15) is 43.6 Å². The molecule has 0 saturated heterocycles. The van der Waals surface area contributed by atoms with E-state index in [1.807, 2.05) is 6.07 Å². The van der Waals surface area contributed by atoms with Crippen LogP contribution >= 0.6 is 11.3 Å². The van der Waals surface area contributed by atoms with E-state index in [9.17, 15) is 14.4 Å². The molecule has 0 bridgehead atoms. The summed E-state index contributed by atoms with van der Waals surface area (Å²) >= 11 is 1.25. The second kappa shape index (κ2) is 8.42. The summed E-state index contributed by atoms with van der Waals surface area (Å²) in [4.78, 5) is 36.8. The zero-order chi connectivity index (χ0) is 19.2. The Balaban J connectivity index is 1.73. The summed E-state index contributed by atoms with van der Waals surface area (Å²) in [6, 6.07) is 17.0. The molecule has 0 aliphatic heterocycles. The first-order valence-electron chi connectivity index (χ1n) is 8.36. The lowest BCUT2D eigenvalue weighted by Crippen LogP contribution is -2.14. The molecule has 27 heavy (non-hydrogen) atoms. The van der Waals surface area contributed by atoms with Crippen molar-refractivity contribution in [3.63, 3.8) is 0 Å². The number of nitrogens with one attached hydrogen (secondary N) is 1. The Morgan fingerprint density at radius 1 is 0.889 bits per heavy atom. The third-order valence-corrected chi connectivity index (χ3v) is 4.66. The summed E-state index contributed by atoms with van der Waals surface area (Å²) in [5.74, 6) is -0.940. The van der Waals surface area contributed by atoms with Gasteiger partial charge in [-0.1, -0.05) is 42.5 Å². The molecule has 136 valence electrons. The summed E-state index contributed by atoms with van der Waals surface area (Å²) in [5, 5.41) is 4.87. The van der Waals surface area contributed by atoms with E-state index in [-0.39, 0.29) is 18.3 Å². The summed E-state index contributed by atoms with van der Waals surface area (Å²) in [7, 11) is 0. The van der Waals surface area contributed by atoms with E-state index in [0.717, 1.165) is 0 Å². The molecule has 1 heterocycles. The van der Waals surface area contributed by atoms with Crippen molar-refractivity contribution < 1.29 is 19.1 Å². The molecule has 1 N–H and O–H groups in total. The maximum atomic E-state index is 12.5. The Kier molecular flexibility index (Phi) is 5.78. The molecule has 0 saturated carbocycles. The molecule has 3 rings (SSSR count). The standard InChI is InChI=1S/C21H17NO4S/c1-2-26-21(25)17-12-13-27-20(17)22-19(24)16-10-8-15(9-11-16)18(23)14-6-4-3-5-7-14/h3-13H,2H2,1H3,(H,22,24). The minimum Gasteiger partial charge on any atom is -0.462 e. The van der Waals surface area contributed by atoms with E-state index in [4.69, 9.17) is 4.74 Å². The second-order valence-electron chi connectivity index (χ2n) is 5.61. The van der Waals surface area contributed by atoms with Crippen LogP contribution in [0.3, 0.4) is 0 Å². The molecule has 3 aromatic rings. The van der Waals surface area contributed by atoms with Crippen molar-refractivity contribution >= 4 is 34.0 Å². The number of ether oxygens (including phenoxy) is 1. The van der Waals surface area contributed by atoms with Gasteiger partial charge in [-0.05, 0) is 30.5 Å². The van der Waals surface area contributed by atoms with E-state index < -0.39 is 5.97 Å². The normalized spacial score (nSPS) is 10.3. The fourth-order valence-corrected chi connectivity index (χ4v) is 3.25. The second-order valence-corrected chi connectivity index (χ2v) is 6.53. The average molecular weight is 379 g/mol. The van der Waals surface area contributed by atoms with Gasteiger partial charge in [-0.3, -0.25) is 9.59 Å². The van der Waals surface area contributed by atoms with Crippen LogP contribution < -0.4 is 5.32 Å². The van der Waals surface area contributed by atoms with Gasteiger partial charge in [-0.25, -0.2) is 4.79 Å². The van der Waals surface area contributed by atoms with Gasteiger partial charge in [-0.2, -0.15) is 0 Å². The fourth-order valence-electron chi connectivity index (χ4n) is 2.48. The summed E-state index contributed by atoms with van der Waals surface area (Å²) in [6.45, 7) is 1.99. The van der Waals surface area contributed by atoms with Crippen LogP contribution in [0, 0.1) is 0 Å². The van der Waals surface area contributed by atoms with Crippen molar-refractivity contribution in [1.82, 2.24) is 0 Å². The zero-order valence-corrected chi connectivity index (χ0v) is 15.4. The number of anilines is 1. The minimum absolute atomic E-state index is 0.106. The Morgan fingerprint density at radius 2 is 1.52 bits per heavy atom. The molecule has 0 radical (unpaired) electrons. The van der Waals surface area contributed by atoms with Gasteiger partial charge in [0.1, 0.15) is 5.00 Å². The van der Waals surface area contributed by atoms with Crippen LogP contribution in [0.25, 0.3) is 0 Å². The zero-order valence-electron chi connectivity index (χ0n) is 14.6. The molecule has 0 atom stereocenters. The molecule has 0 spiro atoms. The molecule has 1 aromatic heterocycles. The first kappa shape index (κ1) is 18.5. The lowest BCUT2D eigenvalue weighted by Gasteiger charge is -2.07. The minimum atomic E-state index is -0.474. The Morgan fingerprint density at radius 3 is 2.19 bits per heavy atom. The number of esters is 1. The van der Waals surface area contributed by atoms with Gasteiger partial charge in [0, 0.05) is 16.7 Å². The van der Waals surface area contributed by atoms with Crippen LogP contribution in [-0.2, 0) is 4.74 Å². The quantitative estimate of drug-likeness (QED) is 0.509. The van der Waals surface area contributed by atoms with Gasteiger partial charge in [-0.15, -0.1) is 11.3 Å². The molecule has 1 amide bonds. The third kappa shape index (κ3) is 4.30. The van der Waals surface area contributed by atoms with Crippen molar-refractivity contribution in [2.45, 2.75) is 6.92 Å². The van der Waals surface area contributed by atoms with E-state index in [2.05, 4.69) is 5.32 Å². The molecule has 0 aliphatic carbocycles. The van der Waals surface area contributed by atoms with Gasteiger partial charge >= 0.3 is 5.97 Å². The van der Waals surface area contributed by atoms with Gasteiger partial charge in [0.2, 0.25) is 0 Å². The number of amides is 1. The van der Waals surface area contributed by atoms with Gasteiger partial charge in [0.15, 0.2) is 5.78 Å². The van der Waals surface area contributed by atoms with Crippen LogP contribution in [-0.4, -0.2) is 24.3 Å². The van der Waals surface area contributed by atoms with Gasteiger partial charge in [0.05, 0.1) is 12.2 Å².